The van der Waals surface area contributed by atoms with Crippen molar-refractivity contribution in [2.75, 3.05) is 6.61 Å². The Hall–Kier alpha value is -0.870. The third-order valence-electron chi connectivity index (χ3n) is 3.33. The van der Waals surface area contributed by atoms with E-state index in [9.17, 15) is 4.79 Å². The molecule has 2 rings (SSSR count). The predicted molar refractivity (Wildman–Crippen MR) is 69.8 cm³/mol. The van der Waals surface area contributed by atoms with Gasteiger partial charge >= 0.3 is 0 Å². The molecule has 0 aromatic carbocycles. The van der Waals surface area contributed by atoms with Crippen molar-refractivity contribution < 1.29 is 9.53 Å². The zero-order chi connectivity index (χ0) is 13.3. The molecule has 1 aliphatic carbocycles. The Bertz CT molecular complexity index is 452. The molecule has 0 amide bonds. The highest BCUT2D eigenvalue weighted by atomic mass is 35.5. The van der Waals surface area contributed by atoms with Gasteiger partial charge in [-0.2, -0.15) is 5.10 Å². The summed E-state index contributed by atoms with van der Waals surface area (Å²) >= 11 is 6.14. The average Bonchev–Trinajstić information content (AvgIpc) is 3.12. The molecule has 1 fully saturated rings. The molecule has 0 saturated heterocycles. The number of rotatable bonds is 6. The second-order valence-electron chi connectivity index (χ2n) is 4.83. The van der Waals surface area contributed by atoms with Gasteiger partial charge in [0.2, 0.25) is 0 Å². The lowest BCUT2D eigenvalue weighted by atomic mass is 10.0. The van der Waals surface area contributed by atoms with Crippen LogP contribution in [0.4, 0.5) is 0 Å². The number of halogens is 1. The number of carbonyl (C=O) groups is 1. The highest BCUT2D eigenvalue weighted by molar-refractivity contribution is 6.30. The second-order valence-corrected chi connectivity index (χ2v) is 5.19. The lowest BCUT2D eigenvalue weighted by molar-refractivity contribution is -0.130. The quantitative estimate of drug-likeness (QED) is 0.797. The highest BCUT2D eigenvalue weighted by Crippen LogP contribution is 2.35. The molecule has 0 N–H and O–H groups in total. The van der Waals surface area contributed by atoms with E-state index in [1.54, 1.807) is 11.7 Å². The fourth-order valence-corrected chi connectivity index (χ4v) is 2.46. The summed E-state index contributed by atoms with van der Waals surface area (Å²) in [5, 5.41) is 4.77. The van der Waals surface area contributed by atoms with E-state index in [4.69, 9.17) is 16.3 Å². The molecule has 0 spiro atoms. The Kier molecular flexibility index (Phi) is 4.07. The fraction of sp³-hybridized carbons (Fsp3) is 0.692. The number of aryl methyl sites for hydroxylation is 2. The molecule has 1 aliphatic rings. The van der Waals surface area contributed by atoms with Crippen molar-refractivity contribution in [1.82, 2.24) is 9.78 Å². The number of nitrogens with zero attached hydrogens (tertiary/aromatic N) is 2. The summed E-state index contributed by atoms with van der Waals surface area (Å²) < 4.78 is 7.17. The predicted octanol–water partition coefficient (Wildman–Crippen LogP) is 2.31. The van der Waals surface area contributed by atoms with Gasteiger partial charge in [-0.3, -0.25) is 9.48 Å². The van der Waals surface area contributed by atoms with Crippen LogP contribution in [-0.4, -0.2) is 28.3 Å². The second kappa shape index (κ2) is 5.41. The van der Waals surface area contributed by atoms with Crippen molar-refractivity contribution in [3.8, 4) is 0 Å². The third kappa shape index (κ3) is 2.75. The summed E-state index contributed by atoms with van der Waals surface area (Å²) in [6.07, 6.45) is 2.25. The lowest BCUT2D eigenvalue weighted by Crippen LogP contribution is -2.28. The highest BCUT2D eigenvalue weighted by Gasteiger charge is 2.37. The molecule has 1 atom stereocenters. The summed E-state index contributed by atoms with van der Waals surface area (Å²) in [6, 6.07) is 0. The first-order valence-corrected chi connectivity index (χ1v) is 6.74. The van der Waals surface area contributed by atoms with E-state index in [1.165, 1.54) is 0 Å². The summed E-state index contributed by atoms with van der Waals surface area (Å²) in [5.74, 6) is 0.533. The van der Waals surface area contributed by atoms with E-state index in [-0.39, 0.29) is 11.9 Å². The van der Waals surface area contributed by atoms with Crippen molar-refractivity contribution in [3.05, 3.63) is 16.4 Å². The van der Waals surface area contributed by atoms with Gasteiger partial charge in [-0.15, -0.1) is 0 Å². The first kappa shape index (κ1) is 13.6. The number of hydrogen-bond donors (Lipinski definition) is 0. The molecule has 18 heavy (non-hydrogen) atoms. The Morgan fingerprint density at radius 1 is 1.61 bits per heavy atom. The van der Waals surface area contributed by atoms with Gasteiger partial charge in [0.05, 0.1) is 5.69 Å². The van der Waals surface area contributed by atoms with Crippen LogP contribution in [0.3, 0.4) is 0 Å². The van der Waals surface area contributed by atoms with E-state index in [1.807, 2.05) is 13.8 Å². The molecule has 100 valence electrons. The standard InChI is InChI=1S/C13H19ClN2O2/c1-4-18-12(9-5-6-9)11(17)7-10-8(2)15-16(3)13(10)14/h9,12H,4-7H2,1-3H3. The summed E-state index contributed by atoms with van der Waals surface area (Å²) in [4.78, 5) is 12.3. The van der Waals surface area contributed by atoms with Gasteiger partial charge in [-0.05, 0) is 32.6 Å². The first-order chi connectivity index (χ1) is 8.54. The van der Waals surface area contributed by atoms with Crippen molar-refractivity contribution in [1.29, 1.82) is 0 Å². The van der Waals surface area contributed by atoms with E-state index in [0.29, 0.717) is 24.1 Å². The van der Waals surface area contributed by atoms with E-state index < -0.39 is 0 Å². The number of hydrogen-bond acceptors (Lipinski definition) is 3. The maximum atomic E-state index is 12.3. The van der Waals surface area contributed by atoms with Crippen molar-refractivity contribution in [2.24, 2.45) is 13.0 Å². The van der Waals surface area contributed by atoms with Gasteiger partial charge < -0.3 is 4.74 Å². The first-order valence-electron chi connectivity index (χ1n) is 6.36. The molecule has 1 saturated carbocycles. The summed E-state index contributed by atoms with van der Waals surface area (Å²) in [5.41, 5.74) is 1.65. The van der Waals surface area contributed by atoms with Crippen LogP contribution in [-0.2, 0) is 23.0 Å². The lowest BCUT2D eigenvalue weighted by Gasteiger charge is -2.14. The Morgan fingerprint density at radius 2 is 2.28 bits per heavy atom. The maximum absolute atomic E-state index is 12.3. The molecule has 1 aromatic rings. The molecule has 5 heteroatoms. The van der Waals surface area contributed by atoms with Crippen LogP contribution in [0.15, 0.2) is 0 Å². The SMILES string of the molecule is CCOC(C(=O)Cc1c(C)nn(C)c1Cl)C1CC1. The molecule has 0 radical (unpaired) electrons. The molecular formula is C13H19ClN2O2. The van der Waals surface area contributed by atoms with Crippen molar-refractivity contribution in [3.63, 3.8) is 0 Å². The van der Waals surface area contributed by atoms with Crippen LogP contribution in [0, 0.1) is 12.8 Å². The molecule has 1 aromatic heterocycles. The number of Topliss-reactive ketones (excluding diaryl/α,β-unsaturated/α-hetero) is 1. The van der Waals surface area contributed by atoms with Crippen molar-refractivity contribution in [2.45, 2.75) is 39.2 Å². The Morgan fingerprint density at radius 3 is 2.72 bits per heavy atom. The molecule has 1 heterocycles. The van der Waals surface area contributed by atoms with Gasteiger partial charge in [-0.25, -0.2) is 0 Å². The molecule has 1 unspecified atom stereocenters. The van der Waals surface area contributed by atoms with E-state index >= 15 is 0 Å². The van der Waals surface area contributed by atoms with Gasteiger partial charge in [-0.1, -0.05) is 11.6 Å². The number of ether oxygens (including phenoxy) is 1. The van der Waals surface area contributed by atoms with Crippen LogP contribution in [0.5, 0.6) is 0 Å². The summed E-state index contributed by atoms with van der Waals surface area (Å²) in [7, 11) is 1.78. The van der Waals surface area contributed by atoms with Crippen LogP contribution in [0.1, 0.15) is 31.0 Å². The number of aromatic nitrogens is 2. The minimum absolute atomic E-state index is 0.123. The van der Waals surface area contributed by atoms with Crippen LogP contribution < -0.4 is 0 Å². The van der Waals surface area contributed by atoms with Gasteiger partial charge in [0, 0.05) is 25.6 Å². The molecule has 4 nitrogen and oxygen atoms in total. The maximum Gasteiger partial charge on any atom is 0.166 e. The van der Waals surface area contributed by atoms with E-state index in [0.717, 1.165) is 24.1 Å². The monoisotopic (exact) mass is 270 g/mol. The largest absolute Gasteiger partial charge is 0.370 e. The molecule has 0 bridgehead atoms. The van der Waals surface area contributed by atoms with Gasteiger partial charge in [0.15, 0.2) is 5.78 Å². The van der Waals surface area contributed by atoms with E-state index in [2.05, 4.69) is 5.10 Å². The van der Waals surface area contributed by atoms with Crippen molar-refractivity contribution >= 4 is 17.4 Å². The zero-order valence-corrected chi connectivity index (χ0v) is 11.8. The van der Waals surface area contributed by atoms with Gasteiger partial charge in [0.25, 0.3) is 0 Å². The van der Waals surface area contributed by atoms with Gasteiger partial charge in [0.1, 0.15) is 11.3 Å². The topological polar surface area (TPSA) is 44.1 Å². The molecule has 0 aliphatic heterocycles. The number of ketones is 1. The number of carbonyl (C=O) groups excluding carboxylic acids is 1. The average molecular weight is 271 g/mol. The van der Waals surface area contributed by atoms with Crippen LogP contribution >= 0.6 is 11.6 Å². The normalized spacial score (nSPS) is 16.9. The molecular weight excluding hydrogens is 252 g/mol. The minimum atomic E-state index is -0.259. The summed E-state index contributed by atoms with van der Waals surface area (Å²) in [6.45, 7) is 4.37. The smallest absolute Gasteiger partial charge is 0.166 e. The minimum Gasteiger partial charge on any atom is -0.370 e. The Labute approximate surface area is 112 Å². The van der Waals surface area contributed by atoms with Crippen LogP contribution in [0.2, 0.25) is 5.15 Å². The fourth-order valence-electron chi connectivity index (χ4n) is 2.22. The van der Waals surface area contributed by atoms with Crippen LogP contribution in [0.25, 0.3) is 0 Å². The Balaban J connectivity index is 2.09. The zero-order valence-electron chi connectivity index (χ0n) is 11.1. The third-order valence-corrected chi connectivity index (χ3v) is 3.81.